The minimum absolute atomic E-state index is 0.273. The SMILES string of the molecule is Fc1c(Br)cc2cc[nH]c2c1Br. The van der Waals surface area contributed by atoms with Crippen LogP contribution < -0.4 is 0 Å². The average molecular weight is 293 g/mol. The number of nitrogens with one attached hydrogen (secondary N) is 1. The zero-order valence-corrected chi connectivity index (χ0v) is 9.04. The topological polar surface area (TPSA) is 15.8 Å². The highest BCUT2D eigenvalue weighted by atomic mass is 79.9. The first-order valence-corrected chi connectivity index (χ1v) is 4.89. The summed E-state index contributed by atoms with van der Waals surface area (Å²) >= 11 is 6.31. The van der Waals surface area contributed by atoms with Crippen LogP contribution in [0.25, 0.3) is 10.9 Å². The van der Waals surface area contributed by atoms with Gasteiger partial charge in [0.2, 0.25) is 0 Å². The van der Waals surface area contributed by atoms with Gasteiger partial charge in [-0.3, -0.25) is 0 Å². The van der Waals surface area contributed by atoms with Crippen LogP contribution in [-0.4, -0.2) is 4.98 Å². The van der Waals surface area contributed by atoms with E-state index in [2.05, 4.69) is 36.8 Å². The molecule has 4 heteroatoms. The summed E-state index contributed by atoms with van der Waals surface area (Å²) in [5.41, 5.74) is 0.788. The van der Waals surface area contributed by atoms with Crippen molar-refractivity contribution in [3.63, 3.8) is 0 Å². The lowest BCUT2D eigenvalue weighted by molar-refractivity contribution is 0.616. The summed E-state index contributed by atoms with van der Waals surface area (Å²) in [7, 11) is 0. The fourth-order valence-corrected chi connectivity index (χ4v) is 2.37. The molecule has 1 N–H and O–H groups in total. The monoisotopic (exact) mass is 291 g/mol. The van der Waals surface area contributed by atoms with Crippen molar-refractivity contribution >= 4 is 42.8 Å². The Balaban J connectivity index is 2.94. The zero-order valence-electron chi connectivity index (χ0n) is 5.87. The Hall–Kier alpha value is -0.350. The number of fused-ring (bicyclic) bond motifs is 1. The molecule has 0 radical (unpaired) electrons. The Morgan fingerprint density at radius 2 is 2.08 bits per heavy atom. The summed E-state index contributed by atoms with van der Waals surface area (Å²) in [5.74, 6) is -0.273. The molecular weight excluding hydrogens is 289 g/mol. The van der Waals surface area contributed by atoms with Gasteiger partial charge in [0, 0.05) is 11.6 Å². The van der Waals surface area contributed by atoms with Crippen LogP contribution in [0.1, 0.15) is 0 Å². The number of halogens is 3. The average Bonchev–Trinajstić information content (AvgIpc) is 2.48. The molecule has 2 aromatic rings. The molecule has 0 unspecified atom stereocenters. The first-order valence-electron chi connectivity index (χ1n) is 3.30. The lowest BCUT2D eigenvalue weighted by Gasteiger charge is -1.98. The maximum atomic E-state index is 13.2. The highest BCUT2D eigenvalue weighted by Crippen LogP contribution is 2.31. The molecule has 1 nitrogen and oxygen atoms in total. The molecule has 2 rings (SSSR count). The summed E-state index contributed by atoms with van der Waals surface area (Å²) in [6.45, 7) is 0. The Morgan fingerprint density at radius 3 is 2.83 bits per heavy atom. The van der Waals surface area contributed by atoms with Crippen molar-refractivity contribution < 1.29 is 4.39 Å². The first-order chi connectivity index (χ1) is 5.70. The molecule has 0 aliphatic carbocycles. The predicted octanol–water partition coefficient (Wildman–Crippen LogP) is 3.83. The van der Waals surface area contributed by atoms with Gasteiger partial charge in [-0.15, -0.1) is 0 Å². The van der Waals surface area contributed by atoms with Gasteiger partial charge in [-0.2, -0.15) is 0 Å². The van der Waals surface area contributed by atoms with Gasteiger partial charge >= 0.3 is 0 Å². The molecule has 1 aromatic heterocycles. The van der Waals surface area contributed by atoms with Crippen LogP contribution >= 0.6 is 31.9 Å². The van der Waals surface area contributed by atoms with Crippen LogP contribution in [0.2, 0.25) is 0 Å². The van der Waals surface area contributed by atoms with Gasteiger partial charge in [0.05, 0.1) is 14.5 Å². The Labute approximate surface area is 85.2 Å². The van der Waals surface area contributed by atoms with Crippen LogP contribution in [0.3, 0.4) is 0 Å². The van der Waals surface area contributed by atoms with Gasteiger partial charge in [0.25, 0.3) is 0 Å². The predicted molar refractivity (Wildman–Crippen MR) is 53.7 cm³/mol. The van der Waals surface area contributed by atoms with Gasteiger partial charge < -0.3 is 4.98 Å². The number of H-pyrrole nitrogens is 1. The minimum Gasteiger partial charge on any atom is -0.360 e. The Kier molecular flexibility index (Phi) is 1.96. The quantitative estimate of drug-likeness (QED) is 0.710. The second-order valence-electron chi connectivity index (χ2n) is 2.43. The van der Waals surface area contributed by atoms with Crippen molar-refractivity contribution in [2.45, 2.75) is 0 Å². The van der Waals surface area contributed by atoms with Gasteiger partial charge in [-0.1, -0.05) is 0 Å². The summed E-state index contributed by atoms with van der Waals surface area (Å²) in [6, 6.07) is 3.64. The standard InChI is InChI=1S/C8H4Br2FN/c9-5-3-4-1-2-12-8(4)6(10)7(5)11/h1-3,12H. The second kappa shape index (κ2) is 2.85. The third kappa shape index (κ3) is 1.10. The molecule has 0 aliphatic rings. The number of rotatable bonds is 0. The van der Waals surface area contributed by atoms with Crippen molar-refractivity contribution in [3.8, 4) is 0 Å². The van der Waals surface area contributed by atoms with Crippen LogP contribution in [0.5, 0.6) is 0 Å². The first kappa shape index (κ1) is 8.26. The van der Waals surface area contributed by atoms with Crippen LogP contribution in [0, 0.1) is 5.82 Å². The van der Waals surface area contributed by atoms with Crippen LogP contribution in [-0.2, 0) is 0 Å². The van der Waals surface area contributed by atoms with Gasteiger partial charge in [-0.25, -0.2) is 4.39 Å². The lowest BCUT2D eigenvalue weighted by Crippen LogP contribution is -1.81. The van der Waals surface area contributed by atoms with E-state index in [4.69, 9.17) is 0 Å². The molecule has 0 saturated heterocycles. The van der Waals surface area contributed by atoms with E-state index in [1.807, 2.05) is 6.07 Å². The number of hydrogen-bond donors (Lipinski definition) is 1. The lowest BCUT2D eigenvalue weighted by atomic mass is 10.2. The van der Waals surface area contributed by atoms with Crippen molar-refractivity contribution in [3.05, 3.63) is 33.1 Å². The Bertz CT molecular complexity index is 436. The normalized spacial score (nSPS) is 10.9. The van der Waals surface area contributed by atoms with Crippen molar-refractivity contribution in [2.75, 3.05) is 0 Å². The molecule has 0 fully saturated rings. The van der Waals surface area contributed by atoms with E-state index in [0.29, 0.717) is 8.95 Å². The molecule has 12 heavy (non-hydrogen) atoms. The van der Waals surface area contributed by atoms with Crippen molar-refractivity contribution in [1.82, 2.24) is 4.98 Å². The van der Waals surface area contributed by atoms with E-state index in [1.54, 1.807) is 12.3 Å². The van der Waals surface area contributed by atoms with Crippen LogP contribution in [0.15, 0.2) is 27.3 Å². The molecule has 0 saturated carbocycles. The smallest absolute Gasteiger partial charge is 0.153 e. The molecular formula is C8H4Br2FN. The molecule has 1 heterocycles. The molecule has 0 spiro atoms. The molecule has 0 bridgehead atoms. The fraction of sp³-hybridized carbons (Fsp3) is 0. The van der Waals surface area contributed by atoms with E-state index in [9.17, 15) is 4.39 Å². The highest BCUT2D eigenvalue weighted by Gasteiger charge is 2.09. The van der Waals surface area contributed by atoms with Gasteiger partial charge in [0.1, 0.15) is 0 Å². The summed E-state index contributed by atoms with van der Waals surface area (Å²) in [6.07, 6.45) is 1.78. The van der Waals surface area contributed by atoms with E-state index in [0.717, 1.165) is 10.9 Å². The largest absolute Gasteiger partial charge is 0.360 e. The second-order valence-corrected chi connectivity index (χ2v) is 4.08. The van der Waals surface area contributed by atoms with Crippen molar-refractivity contribution in [2.24, 2.45) is 0 Å². The number of aromatic amines is 1. The minimum atomic E-state index is -0.273. The molecule has 1 aromatic carbocycles. The van der Waals surface area contributed by atoms with E-state index >= 15 is 0 Å². The highest BCUT2D eigenvalue weighted by molar-refractivity contribution is 9.11. The van der Waals surface area contributed by atoms with Gasteiger partial charge in [-0.05, 0) is 44.0 Å². The molecule has 0 atom stereocenters. The third-order valence-corrected chi connectivity index (χ3v) is 3.00. The van der Waals surface area contributed by atoms with Gasteiger partial charge in [0.15, 0.2) is 5.82 Å². The number of benzene rings is 1. The molecule has 0 amide bonds. The third-order valence-electron chi connectivity index (χ3n) is 1.68. The van der Waals surface area contributed by atoms with E-state index in [-0.39, 0.29) is 5.82 Å². The molecule has 0 aliphatic heterocycles. The maximum Gasteiger partial charge on any atom is 0.153 e. The van der Waals surface area contributed by atoms with Crippen LogP contribution in [0.4, 0.5) is 4.39 Å². The Morgan fingerprint density at radius 1 is 1.33 bits per heavy atom. The summed E-state index contributed by atoms with van der Waals surface area (Å²) in [4.78, 5) is 2.95. The fourth-order valence-electron chi connectivity index (χ4n) is 1.11. The van der Waals surface area contributed by atoms with E-state index < -0.39 is 0 Å². The number of aromatic nitrogens is 1. The van der Waals surface area contributed by atoms with E-state index in [1.165, 1.54) is 0 Å². The zero-order chi connectivity index (χ0) is 8.72. The maximum absolute atomic E-state index is 13.2. The van der Waals surface area contributed by atoms with Crippen molar-refractivity contribution in [1.29, 1.82) is 0 Å². The summed E-state index contributed by atoms with van der Waals surface area (Å²) in [5, 5.41) is 0.982. The number of hydrogen-bond acceptors (Lipinski definition) is 0. The summed E-state index contributed by atoms with van der Waals surface area (Å²) < 4.78 is 14.2. The molecule has 62 valence electrons.